The van der Waals surface area contributed by atoms with E-state index in [4.69, 9.17) is 4.74 Å². The van der Waals surface area contributed by atoms with Gasteiger partial charge in [0.05, 0.1) is 10.3 Å². The van der Waals surface area contributed by atoms with Gasteiger partial charge >= 0.3 is 5.97 Å². The lowest BCUT2D eigenvalue weighted by atomic mass is 9.76. The minimum absolute atomic E-state index is 0.347. The smallest absolute Gasteiger partial charge is 0.324 e. The number of carbonyl (C=O) groups is 1. The number of hydrogen-bond donors (Lipinski definition) is 1. The molecule has 0 amide bonds. The molecule has 0 aliphatic carbocycles. The Morgan fingerprint density at radius 1 is 0.414 bits per heavy atom. The highest BCUT2D eigenvalue weighted by Gasteiger charge is 2.44. The van der Waals surface area contributed by atoms with Gasteiger partial charge in [0.25, 0.3) is 0 Å². The minimum atomic E-state index is -0.933. The maximum absolute atomic E-state index is 15.5. The number of benzene rings is 8. The summed E-state index contributed by atoms with van der Waals surface area (Å²) in [5.74, 6) is 0.0164. The van der Waals surface area contributed by atoms with E-state index < -0.39 is 22.4 Å². The number of carbonyl (C=O) groups excluding carboxylic acids is 1. The highest BCUT2D eigenvalue weighted by Crippen LogP contribution is 2.49. The van der Waals surface area contributed by atoms with Crippen molar-refractivity contribution >= 4 is 17.7 Å². The van der Waals surface area contributed by atoms with Crippen molar-refractivity contribution in [2.24, 2.45) is 0 Å². The lowest BCUT2D eigenvalue weighted by molar-refractivity contribution is -0.149. The van der Waals surface area contributed by atoms with Crippen LogP contribution in [0.5, 0.6) is 0 Å². The highest BCUT2D eigenvalue weighted by molar-refractivity contribution is 8.00. The number of esters is 1. The van der Waals surface area contributed by atoms with E-state index in [0.29, 0.717) is 5.75 Å². The van der Waals surface area contributed by atoms with Crippen molar-refractivity contribution in [3.8, 4) is 0 Å². The fourth-order valence-electron chi connectivity index (χ4n) is 8.00. The number of ether oxygens (including phenoxy) is 1. The minimum Gasteiger partial charge on any atom is -0.451 e. The van der Waals surface area contributed by atoms with Gasteiger partial charge in [-0.2, -0.15) is 0 Å². The largest absolute Gasteiger partial charge is 0.451 e. The molecule has 8 aromatic carbocycles. The number of thioether (sulfide) groups is 1. The SMILES string of the molecule is O=C(OC(c1ccccc1)c1ccccc1)[C@@H](CSC(c1ccccc1)(c1ccccc1)c1ccccc1)NC(c1ccccc1)(c1ccccc1)c1ccccc1. The molecule has 0 aliphatic heterocycles. The van der Waals surface area contributed by atoms with E-state index in [0.717, 1.165) is 44.5 Å². The maximum Gasteiger partial charge on any atom is 0.324 e. The van der Waals surface area contributed by atoms with Gasteiger partial charge < -0.3 is 4.74 Å². The van der Waals surface area contributed by atoms with E-state index in [1.165, 1.54) is 0 Å². The van der Waals surface area contributed by atoms with E-state index in [2.05, 4.69) is 169 Å². The Bertz CT molecular complexity index is 2220. The van der Waals surface area contributed by atoms with Gasteiger partial charge in [-0.25, -0.2) is 0 Å². The molecular weight excluding hydrogens is 727 g/mol. The Morgan fingerprint density at radius 2 is 0.690 bits per heavy atom. The Labute approximate surface area is 346 Å². The van der Waals surface area contributed by atoms with Crippen LogP contribution in [0.1, 0.15) is 50.6 Å². The second-order valence-corrected chi connectivity index (χ2v) is 15.5. The van der Waals surface area contributed by atoms with Crippen LogP contribution in [-0.4, -0.2) is 17.8 Å². The first-order valence-corrected chi connectivity index (χ1v) is 20.7. The standard InChI is InChI=1S/C54H45NO2S/c56-52(57-51(42-25-9-1-10-26-42)43-27-11-2-12-28-43)50(55-53(44-29-13-3-14-30-44,45-31-15-4-16-32-45)46-33-17-5-18-34-46)41-58-54(47-35-19-6-20-36-47,48-37-21-7-22-38-48)49-39-23-8-24-40-49/h1-40,50-51,55H,41H2/t50-/m1/s1. The van der Waals surface area contributed by atoms with Gasteiger partial charge in [0, 0.05) is 5.75 Å². The van der Waals surface area contributed by atoms with Gasteiger partial charge in [0.2, 0.25) is 0 Å². The third kappa shape index (κ3) is 8.03. The topological polar surface area (TPSA) is 38.3 Å². The zero-order chi connectivity index (χ0) is 39.5. The predicted molar refractivity (Wildman–Crippen MR) is 239 cm³/mol. The molecule has 1 atom stereocenters. The van der Waals surface area contributed by atoms with Crippen molar-refractivity contribution in [1.29, 1.82) is 0 Å². The zero-order valence-corrected chi connectivity index (χ0v) is 33.0. The fourth-order valence-corrected chi connectivity index (χ4v) is 9.55. The fraction of sp³-hybridized carbons (Fsp3) is 0.0926. The Balaban J connectivity index is 1.32. The van der Waals surface area contributed by atoms with E-state index in [1.807, 2.05) is 78.9 Å². The lowest BCUT2D eigenvalue weighted by Crippen LogP contribution is -2.54. The van der Waals surface area contributed by atoms with Crippen molar-refractivity contribution in [2.75, 3.05) is 5.75 Å². The van der Waals surface area contributed by atoms with E-state index in [1.54, 1.807) is 11.8 Å². The summed E-state index contributed by atoms with van der Waals surface area (Å²) in [5.41, 5.74) is 7.28. The van der Waals surface area contributed by atoms with Gasteiger partial charge in [-0.05, 0) is 44.5 Å². The summed E-state index contributed by atoms with van der Waals surface area (Å²) in [6, 6.07) is 82.4. The third-order valence-corrected chi connectivity index (χ3v) is 12.4. The first-order chi connectivity index (χ1) is 28.7. The zero-order valence-electron chi connectivity index (χ0n) is 32.2. The molecule has 0 fully saturated rings. The van der Waals surface area contributed by atoms with E-state index in [-0.39, 0.29) is 5.97 Å². The van der Waals surface area contributed by atoms with Crippen LogP contribution in [0.25, 0.3) is 0 Å². The molecule has 0 saturated carbocycles. The molecule has 284 valence electrons. The number of rotatable bonds is 15. The number of hydrogen-bond acceptors (Lipinski definition) is 4. The average Bonchev–Trinajstić information content (AvgIpc) is 3.32. The molecule has 0 bridgehead atoms. The molecule has 8 aromatic rings. The summed E-state index contributed by atoms with van der Waals surface area (Å²) in [5, 5.41) is 4.06. The molecule has 0 aliphatic rings. The van der Waals surface area contributed by atoms with Gasteiger partial charge in [0.1, 0.15) is 6.04 Å². The first kappa shape index (κ1) is 38.4. The second kappa shape index (κ2) is 18.2. The normalized spacial score (nSPS) is 12.2. The third-order valence-electron chi connectivity index (χ3n) is 10.7. The highest BCUT2D eigenvalue weighted by atomic mass is 32.2. The van der Waals surface area contributed by atoms with Crippen LogP contribution < -0.4 is 5.32 Å². The molecule has 58 heavy (non-hydrogen) atoms. The number of nitrogens with one attached hydrogen (secondary N) is 1. The van der Waals surface area contributed by atoms with Gasteiger partial charge in [-0.15, -0.1) is 11.8 Å². The summed E-state index contributed by atoms with van der Waals surface area (Å²) in [6.07, 6.45) is -0.620. The monoisotopic (exact) mass is 771 g/mol. The van der Waals surface area contributed by atoms with Crippen molar-refractivity contribution < 1.29 is 9.53 Å². The average molecular weight is 772 g/mol. The van der Waals surface area contributed by atoms with Crippen LogP contribution in [0, 0.1) is 0 Å². The van der Waals surface area contributed by atoms with Crippen LogP contribution in [0.15, 0.2) is 243 Å². The van der Waals surface area contributed by atoms with Gasteiger partial charge in [-0.3, -0.25) is 10.1 Å². The van der Waals surface area contributed by atoms with Crippen LogP contribution in [0.2, 0.25) is 0 Å². The quantitative estimate of drug-likeness (QED) is 0.0832. The summed E-state index contributed by atoms with van der Waals surface area (Å²) >= 11 is 1.75. The molecule has 8 rings (SSSR count). The van der Waals surface area contributed by atoms with Crippen molar-refractivity contribution in [2.45, 2.75) is 22.4 Å². The predicted octanol–water partition coefficient (Wildman–Crippen LogP) is 12.0. The lowest BCUT2D eigenvalue weighted by Gasteiger charge is -2.41. The van der Waals surface area contributed by atoms with E-state index >= 15 is 4.79 Å². The first-order valence-electron chi connectivity index (χ1n) is 19.7. The van der Waals surface area contributed by atoms with Crippen LogP contribution in [-0.2, 0) is 19.8 Å². The van der Waals surface area contributed by atoms with Gasteiger partial charge in [-0.1, -0.05) is 243 Å². The Morgan fingerprint density at radius 3 is 1.00 bits per heavy atom. The van der Waals surface area contributed by atoms with Crippen molar-refractivity contribution in [3.63, 3.8) is 0 Å². The molecule has 3 nitrogen and oxygen atoms in total. The Kier molecular flexibility index (Phi) is 12.1. The molecule has 0 aromatic heterocycles. The van der Waals surface area contributed by atoms with Crippen molar-refractivity contribution in [1.82, 2.24) is 5.32 Å². The van der Waals surface area contributed by atoms with Crippen molar-refractivity contribution in [3.05, 3.63) is 287 Å². The molecular formula is C54H45NO2S. The summed E-state index contributed by atoms with van der Waals surface area (Å²) < 4.78 is 6.14. The summed E-state index contributed by atoms with van der Waals surface area (Å²) in [7, 11) is 0. The summed E-state index contributed by atoms with van der Waals surface area (Å²) in [4.78, 5) is 15.5. The molecule has 0 heterocycles. The maximum atomic E-state index is 15.5. The molecule has 0 saturated heterocycles. The Hall–Kier alpha value is -6.46. The van der Waals surface area contributed by atoms with E-state index in [9.17, 15) is 0 Å². The molecule has 0 radical (unpaired) electrons. The van der Waals surface area contributed by atoms with Gasteiger partial charge in [0.15, 0.2) is 6.10 Å². The molecule has 0 unspecified atom stereocenters. The summed E-state index contributed by atoms with van der Waals surface area (Å²) in [6.45, 7) is 0. The van der Waals surface area contributed by atoms with Crippen LogP contribution >= 0.6 is 11.8 Å². The molecule has 0 spiro atoms. The second-order valence-electron chi connectivity index (χ2n) is 14.3. The molecule has 1 N–H and O–H groups in total. The molecule has 4 heteroatoms. The van der Waals surface area contributed by atoms with Crippen LogP contribution in [0.3, 0.4) is 0 Å². The van der Waals surface area contributed by atoms with Crippen LogP contribution in [0.4, 0.5) is 0 Å².